The van der Waals surface area contributed by atoms with Crippen LogP contribution in [0.5, 0.6) is 5.75 Å². The van der Waals surface area contributed by atoms with Gasteiger partial charge in [-0.25, -0.2) is 19.9 Å². The minimum atomic E-state index is -0.783. The van der Waals surface area contributed by atoms with Gasteiger partial charge in [0.1, 0.15) is 91.6 Å². The maximum absolute atomic E-state index is 14.7. The van der Waals surface area contributed by atoms with Crippen LogP contribution in [0.1, 0.15) is 228 Å². The van der Waals surface area contributed by atoms with Gasteiger partial charge in [0.05, 0.1) is 73.7 Å². The van der Waals surface area contributed by atoms with Crippen LogP contribution < -0.4 is 4.74 Å². The molecule has 12 aromatic rings. The van der Waals surface area contributed by atoms with E-state index in [-0.39, 0.29) is 76.2 Å². The van der Waals surface area contributed by atoms with Gasteiger partial charge in [-0.05, 0) is 201 Å². The first-order valence-corrected chi connectivity index (χ1v) is 51.4. The summed E-state index contributed by atoms with van der Waals surface area (Å²) in [4.78, 5) is 69.5. The van der Waals surface area contributed by atoms with Crippen LogP contribution in [0.2, 0.25) is 20.1 Å². The molecule has 15 rings (SSSR count). The first-order chi connectivity index (χ1) is 60.4. The lowest BCUT2D eigenvalue weighted by atomic mass is 9.78. The molecule has 2 unspecified atom stereocenters. The van der Waals surface area contributed by atoms with Crippen LogP contribution in [0.25, 0.3) is 117 Å². The summed E-state index contributed by atoms with van der Waals surface area (Å²) in [5.74, 6) is 3.78. The third-order valence-corrected chi connectivity index (χ3v) is 34.1. The van der Waals surface area contributed by atoms with Crippen LogP contribution in [-0.2, 0) is 31.3 Å². The monoisotopic (exact) mass is 1890 g/mol. The predicted molar refractivity (Wildman–Crippen MR) is 536 cm³/mol. The van der Waals surface area contributed by atoms with Gasteiger partial charge < -0.3 is 4.74 Å². The molecular weight excluding hydrogens is 1800 g/mol. The molecule has 0 amide bonds. The molecule has 0 saturated heterocycles. The van der Waals surface area contributed by atoms with E-state index in [1.165, 1.54) is 31.6 Å². The van der Waals surface area contributed by atoms with Crippen molar-refractivity contribution in [3.8, 4) is 102 Å². The van der Waals surface area contributed by atoms with E-state index >= 15 is 0 Å². The third-order valence-electron chi connectivity index (χ3n) is 23.2. The van der Waals surface area contributed by atoms with Crippen LogP contribution in [-0.4, -0.2) is 31.5 Å². The number of Topliss-reactive ketones (excluding diaryl/α,β-unsaturated/α-hetero) is 2. The number of allylic oxidation sites excluding steroid dienone is 10. The summed E-state index contributed by atoms with van der Waals surface area (Å²) in [6.45, 7) is 32.0. The number of nitrogens with zero attached hydrogens (tertiary/aromatic N) is 8. The highest BCUT2D eigenvalue weighted by Crippen LogP contribution is 2.61. The van der Waals surface area contributed by atoms with E-state index in [0.717, 1.165) is 188 Å². The molecule has 11 nitrogen and oxygen atoms in total. The maximum atomic E-state index is 14.7. The number of nitriles is 4. The number of benzene rings is 2. The normalized spacial score (nSPS) is 15.6. The average molecular weight is 1890 g/mol. The van der Waals surface area contributed by atoms with Crippen molar-refractivity contribution in [1.82, 2.24) is 19.9 Å². The molecule has 2 atom stereocenters. The quantitative estimate of drug-likeness (QED) is 0.0288. The standard InChI is InChI=1S/C103H98Cl4N8O3S8/c1-53(2)19-15-21-59(13)35-37-103(38-36-60(14)22-16-20-54(3)4)73-47-85(101-95-93(79(123-101)25-17-23-67-87(61(49-108)50-109)69-43-74(104)76(106)45-71(69)97(67)116)112-89(81-31-27-63(119-81)39-55(5)6)91(114-95)83-33-29-65(121-83)41-57(9)10)125-99(73)100-78(118-103)48-86(126-100)102-96-94(80(124-102)26-18-24-68-88(62(51-110)52-111)70-44-75(105)77(107)46-72(70)98(68)117)113-90(82-32-28-64(120-82)40-56(7)8)92(115-96)84-34-30-66(122-84)42-58(11)12/h17-18,23-34,43-48,53-60H,15-16,19-22,35-42H2,1-14H3/b25-17+,26-18+,67-23-,68-24-. The molecule has 644 valence electrons. The van der Waals surface area contributed by atoms with Crippen LogP contribution in [0.15, 0.2) is 132 Å². The van der Waals surface area contributed by atoms with Crippen molar-refractivity contribution < 1.29 is 14.3 Å². The summed E-state index contributed by atoms with van der Waals surface area (Å²) in [7, 11) is 0. The molecule has 11 heterocycles. The number of thiophene rings is 8. The Balaban J connectivity index is 0.974. The molecule has 0 bridgehead atoms. The van der Waals surface area contributed by atoms with Gasteiger partial charge in [0.15, 0.2) is 11.6 Å². The van der Waals surface area contributed by atoms with Crippen molar-refractivity contribution in [2.24, 2.45) is 47.3 Å². The topological polar surface area (TPSA) is 190 Å². The van der Waals surface area contributed by atoms with E-state index in [1.54, 1.807) is 115 Å². The number of hydrogen-bond donors (Lipinski definition) is 0. The number of rotatable bonds is 32. The fraction of sp³-hybridized carbons (Fsp3) is 0.359. The summed E-state index contributed by atoms with van der Waals surface area (Å²) < 4.78 is 8.18. The largest absolute Gasteiger partial charge is 0.481 e. The zero-order valence-electron chi connectivity index (χ0n) is 73.1. The zero-order chi connectivity index (χ0) is 89.4. The number of fused-ring (bicyclic) bond motifs is 7. The molecular formula is C103H98Cl4N8O3S8. The van der Waals surface area contributed by atoms with E-state index in [0.29, 0.717) is 75.0 Å². The summed E-state index contributed by atoms with van der Waals surface area (Å²) in [5.41, 5.74) is 7.86. The second-order valence-corrected chi connectivity index (χ2v) is 46.6. The summed E-state index contributed by atoms with van der Waals surface area (Å²) >= 11 is 40.1. The van der Waals surface area contributed by atoms with Crippen molar-refractivity contribution >= 4 is 194 Å². The van der Waals surface area contributed by atoms with Gasteiger partial charge in [-0.3, -0.25) is 9.59 Å². The second-order valence-electron chi connectivity index (χ2n) is 36.1. The van der Waals surface area contributed by atoms with E-state index in [1.807, 2.05) is 36.4 Å². The smallest absolute Gasteiger partial charge is 0.194 e. The Morgan fingerprint density at radius 1 is 0.389 bits per heavy atom. The highest BCUT2D eigenvalue weighted by atomic mass is 35.5. The molecule has 0 fully saturated rings. The van der Waals surface area contributed by atoms with Crippen molar-refractivity contribution in [3.05, 3.63) is 209 Å². The molecule has 1 aliphatic heterocycles. The van der Waals surface area contributed by atoms with E-state index < -0.39 is 5.60 Å². The van der Waals surface area contributed by atoms with Gasteiger partial charge >= 0.3 is 0 Å². The number of ether oxygens (including phenoxy) is 1. The van der Waals surface area contributed by atoms with Crippen molar-refractivity contribution in [2.45, 2.75) is 192 Å². The summed E-state index contributed by atoms with van der Waals surface area (Å²) in [6, 6.07) is 36.7. The Morgan fingerprint density at radius 3 is 1.08 bits per heavy atom. The molecule has 23 heteroatoms. The molecule has 0 spiro atoms. The lowest BCUT2D eigenvalue weighted by Crippen LogP contribution is -2.36. The van der Waals surface area contributed by atoms with Crippen LogP contribution in [0, 0.1) is 92.7 Å². The fourth-order valence-electron chi connectivity index (χ4n) is 17.0. The van der Waals surface area contributed by atoms with Gasteiger partial charge in [-0.1, -0.05) is 206 Å². The van der Waals surface area contributed by atoms with Gasteiger partial charge in [-0.15, -0.1) is 90.7 Å². The molecule has 2 aromatic carbocycles. The lowest BCUT2D eigenvalue weighted by Gasteiger charge is -2.39. The van der Waals surface area contributed by atoms with E-state index in [2.05, 4.69) is 170 Å². The molecule has 126 heavy (non-hydrogen) atoms. The highest BCUT2D eigenvalue weighted by Gasteiger charge is 2.45. The van der Waals surface area contributed by atoms with Gasteiger partial charge in [-0.2, -0.15) is 21.0 Å². The number of aromatic nitrogens is 4. The van der Waals surface area contributed by atoms with Crippen molar-refractivity contribution in [2.75, 3.05) is 0 Å². The highest BCUT2D eigenvalue weighted by molar-refractivity contribution is 7.30. The maximum Gasteiger partial charge on any atom is 0.194 e. The van der Waals surface area contributed by atoms with Gasteiger partial charge in [0.25, 0.3) is 0 Å². The second kappa shape index (κ2) is 39.4. The molecule has 2 aliphatic carbocycles. The number of halogens is 4. The summed E-state index contributed by atoms with van der Waals surface area (Å²) in [6.07, 6.45) is 24.8. The van der Waals surface area contributed by atoms with Crippen molar-refractivity contribution in [3.63, 3.8) is 0 Å². The lowest BCUT2D eigenvalue weighted by molar-refractivity contribution is 0.0324. The van der Waals surface area contributed by atoms with Crippen LogP contribution >= 0.6 is 137 Å². The Hall–Kier alpha value is -8.58. The third kappa shape index (κ3) is 19.5. The fourth-order valence-corrected chi connectivity index (χ4v) is 27.4. The molecule has 0 N–H and O–H groups in total. The van der Waals surface area contributed by atoms with E-state index in [9.17, 15) is 30.6 Å². The predicted octanol–water partition coefficient (Wildman–Crippen LogP) is 33.5. The summed E-state index contributed by atoms with van der Waals surface area (Å²) in [5, 5.41) is 42.6. The number of carbonyl (C=O) groups is 2. The van der Waals surface area contributed by atoms with Crippen molar-refractivity contribution in [1.29, 1.82) is 21.0 Å². The van der Waals surface area contributed by atoms with Gasteiger partial charge in [0, 0.05) is 69.4 Å². The molecule has 0 radical (unpaired) electrons. The molecule has 3 aliphatic rings. The SMILES string of the molecule is CC(C)CCCC(C)CCC1(CCC(C)CCCC(C)C)Oc2cc(-c3sc(/C=C/C=C4\C(=O)c5cc(Cl)c(Cl)cc5C4=C(C#N)C#N)c4nc(-c5ccc(CC(C)C)s5)c(-c5ccc(CC(C)C)s5)nc34)sc2-c2sc(-c3sc(/C=C/C=C4\C(=O)c5cc(Cl)c(Cl)cc5C4=C(C#N)C#N)c4nc(-c5ccc(CC(C)C)s5)c(-c5ccc(CC(C)C)s5)nc34)cc21. The number of hydrogen-bond acceptors (Lipinski definition) is 19. The Morgan fingerprint density at radius 2 is 0.730 bits per heavy atom. The van der Waals surface area contributed by atoms with E-state index in [4.69, 9.17) is 71.1 Å². The Labute approximate surface area is 791 Å². The Bertz CT molecular complexity index is 6600. The minimum Gasteiger partial charge on any atom is -0.481 e. The first-order valence-electron chi connectivity index (χ1n) is 43.4. The molecule has 0 saturated carbocycles. The average Bonchev–Trinajstić information content (AvgIpc) is 1.57. The number of carbonyl (C=O) groups excluding carboxylic acids is 2. The van der Waals surface area contributed by atoms with Crippen LogP contribution in [0.3, 0.4) is 0 Å². The first kappa shape index (κ1) is 92.1. The molecule has 10 aromatic heterocycles. The van der Waals surface area contributed by atoms with Gasteiger partial charge in [0.2, 0.25) is 0 Å². The minimum absolute atomic E-state index is 0.165. The Kier molecular flexibility index (Phi) is 28.8. The van der Waals surface area contributed by atoms with Crippen LogP contribution in [0.4, 0.5) is 0 Å². The number of ketones is 2. The zero-order valence-corrected chi connectivity index (χ0v) is 82.7.